The summed E-state index contributed by atoms with van der Waals surface area (Å²) in [7, 11) is 1.35. The average molecular weight is 297 g/mol. The highest BCUT2D eigenvalue weighted by Crippen LogP contribution is 2.30. The molecule has 1 aromatic carbocycles. The molecule has 0 saturated heterocycles. The van der Waals surface area contributed by atoms with E-state index < -0.39 is 5.97 Å². The van der Waals surface area contributed by atoms with Crippen LogP contribution in [0.1, 0.15) is 21.7 Å². The molecule has 0 radical (unpaired) electrons. The number of methoxy groups -OCH3 is 1. The summed E-state index contributed by atoms with van der Waals surface area (Å²) in [5, 5.41) is 3.98. The van der Waals surface area contributed by atoms with Gasteiger partial charge in [-0.15, -0.1) is 0 Å². The Morgan fingerprint density at radius 3 is 2.77 bits per heavy atom. The molecular weight excluding hydrogens is 282 g/mol. The third-order valence-corrected chi connectivity index (χ3v) is 3.55. The molecule has 3 aromatic rings. The molecule has 0 aliphatic carbocycles. The Balaban J connectivity index is 2.10. The summed E-state index contributed by atoms with van der Waals surface area (Å²) in [5.74, 6) is 0.976. The summed E-state index contributed by atoms with van der Waals surface area (Å²) in [6.07, 6.45) is 1.42. The van der Waals surface area contributed by atoms with Crippen LogP contribution >= 0.6 is 0 Å². The van der Waals surface area contributed by atoms with Crippen molar-refractivity contribution in [3.8, 4) is 0 Å². The van der Waals surface area contributed by atoms with Crippen LogP contribution in [0.5, 0.6) is 0 Å². The Labute approximate surface area is 127 Å². The largest absolute Gasteiger partial charge is 0.465 e. The summed E-state index contributed by atoms with van der Waals surface area (Å²) in [6, 6.07) is 7.10. The Kier molecular flexibility index (Phi) is 3.50. The van der Waals surface area contributed by atoms with Crippen molar-refractivity contribution in [2.24, 2.45) is 0 Å². The van der Waals surface area contributed by atoms with Crippen LogP contribution in [-0.2, 0) is 4.74 Å². The molecule has 0 aliphatic heterocycles. The maximum absolute atomic E-state index is 11.8. The molecule has 0 unspecified atom stereocenters. The molecule has 6 nitrogen and oxygen atoms in total. The lowest BCUT2D eigenvalue weighted by Crippen LogP contribution is -2.06. The molecule has 0 bridgehead atoms. The van der Waals surface area contributed by atoms with E-state index in [1.165, 1.54) is 13.4 Å². The molecule has 3 rings (SSSR count). The highest BCUT2D eigenvalue weighted by molar-refractivity contribution is 5.98. The number of anilines is 2. The van der Waals surface area contributed by atoms with Gasteiger partial charge in [-0.1, -0.05) is 12.1 Å². The molecule has 1 N–H and O–H groups in total. The molecule has 0 aliphatic rings. The first-order valence-corrected chi connectivity index (χ1v) is 6.77. The fourth-order valence-corrected chi connectivity index (χ4v) is 2.28. The topological polar surface area (TPSA) is 77.2 Å². The second-order valence-electron chi connectivity index (χ2n) is 4.85. The van der Waals surface area contributed by atoms with Crippen molar-refractivity contribution in [1.29, 1.82) is 0 Å². The molecule has 2 heterocycles. The summed E-state index contributed by atoms with van der Waals surface area (Å²) < 4.78 is 10.4. The molecule has 2 aromatic heterocycles. The number of furan rings is 1. The average Bonchev–Trinajstić information content (AvgIpc) is 2.83. The number of carbonyl (C=O) groups is 1. The van der Waals surface area contributed by atoms with Crippen LogP contribution in [0.2, 0.25) is 0 Å². The fourth-order valence-electron chi connectivity index (χ4n) is 2.28. The van der Waals surface area contributed by atoms with Gasteiger partial charge in [-0.3, -0.25) is 0 Å². The minimum absolute atomic E-state index is 0.409. The SMILES string of the molecule is COC(=O)c1ccccc1Nc1ncnc2oc(C)c(C)c12. The van der Waals surface area contributed by atoms with Crippen LogP contribution in [0.3, 0.4) is 0 Å². The van der Waals surface area contributed by atoms with Gasteiger partial charge in [0.25, 0.3) is 0 Å². The summed E-state index contributed by atoms with van der Waals surface area (Å²) in [4.78, 5) is 20.2. The number of carbonyl (C=O) groups excluding carboxylic acids is 1. The van der Waals surface area contributed by atoms with Crippen molar-refractivity contribution in [1.82, 2.24) is 9.97 Å². The molecule has 0 atom stereocenters. The second kappa shape index (κ2) is 5.48. The van der Waals surface area contributed by atoms with Crippen LogP contribution in [0, 0.1) is 13.8 Å². The number of aryl methyl sites for hydroxylation is 2. The number of nitrogens with one attached hydrogen (secondary N) is 1. The first-order chi connectivity index (χ1) is 10.6. The van der Waals surface area contributed by atoms with E-state index in [9.17, 15) is 4.79 Å². The maximum Gasteiger partial charge on any atom is 0.339 e. The monoisotopic (exact) mass is 297 g/mol. The Hall–Kier alpha value is -2.89. The summed E-state index contributed by atoms with van der Waals surface area (Å²) in [6.45, 7) is 3.82. The zero-order chi connectivity index (χ0) is 15.7. The lowest BCUT2D eigenvalue weighted by Gasteiger charge is -2.10. The highest BCUT2D eigenvalue weighted by Gasteiger charge is 2.16. The third kappa shape index (κ3) is 2.28. The van der Waals surface area contributed by atoms with Crippen LogP contribution < -0.4 is 5.32 Å². The van der Waals surface area contributed by atoms with Gasteiger partial charge in [-0.25, -0.2) is 14.8 Å². The Morgan fingerprint density at radius 2 is 2.00 bits per heavy atom. The van der Waals surface area contributed by atoms with E-state index in [0.717, 1.165) is 16.7 Å². The van der Waals surface area contributed by atoms with Gasteiger partial charge >= 0.3 is 5.97 Å². The second-order valence-corrected chi connectivity index (χ2v) is 4.85. The molecular formula is C16H15N3O3. The third-order valence-electron chi connectivity index (χ3n) is 3.55. The number of benzene rings is 1. The molecule has 6 heteroatoms. The van der Waals surface area contributed by atoms with Crippen molar-refractivity contribution in [2.45, 2.75) is 13.8 Å². The van der Waals surface area contributed by atoms with Gasteiger partial charge in [0.15, 0.2) is 0 Å². The number of para-hydroxylation sites is 1. The van der Waals surface area contributed by atoms with Crippen LogP contribution in [0.15, 0.2) is 35.0 Å². The molecule has 112 valence electrons. The number of aromatic nitrogens is 2. The number of esters is 1. The number of rotatable bonds is 3. The quantitative estimate of drug-likeness (QED) is 0.747. The highest BCUT2D eigenvalue weighted by atomic mass is 16.5. The van der Waals surface area contributed by atoms with Crippen molar-refractivity contribution < 1.29 is 13.9 Å². The van der Waals surface area contributed by atoms with E-state index in [-0.39, 0.29) is 0 Å². The van der Waals surface area contributed by atoms with Gasteiger partial charge in [0.2, 0.25) is 5.71 Å². The first kappa shape index (κ1) is 14.1. The van der Waals surface area contributed by atoms with E-state index in [1.807, 2.05) is 19.9 Å². The van der Waals surface area contributed by atoms with Crippen molar-refractivity contribution in [2.75, 3.05) is 12.4 Å². The zero-order valence-electron chi connectivity index (χ0n) is 12.5. The van der Waals surface area contributed by atoms with Crippen molar-refractivity contribution in [3.05, 3.63) is 47.5 Å². The van der Waals surface area contributed by atoms with Gasteiger partial charge in [-0.2, -0.15) is 0 Å². The van der Waals surface area contributed by atoms with E-state index in [2.05, 4.69) is 15.3 Å². The van der Waals surface area contributed by atoms with Crippen molar-refractivity contribution in [3.63, 3.8) is 0 Å². The lowest BCUT2D eigenvalue weighted by molar-refractivity contribution is 0.0602. The van der Waals surface area contributed by atoms with Gasteiger partial charge < -0.3 is 14.5 Å². The molecule has 0 amide bonds. The first-order valence-electron chi connectivity index (χ1n) is 6.77. The molecule has 0 spiro atoms. The molecule has 22 heavy (non-hydrogen) atoms. The Morgan fingerprint density at radius 1 is 1.23 bits per heavy atom. The fraction of sp³-hybridized carbons (Fsp3) is 0.188. The van der Waals surface area contributed by atoms with Crippen LogP contribution in [0.25, 0.3) is 11.1 Å². The molecule has 0 fully saturated rings. The number of hydrogen-bond acceptors (Lipinski definition) is 6. The van der Waals surface area contributed by atoms with Gasteiger partial charge in [0.05, 0.1) is 23.7 Å². The molecule has 0 saturated carbocycles. The van der Waals surface area contributed by atoms with E-state index in [0.29, 0.717) is 22.8 Å². The van der Waals surface area contributed by atoms with Gasteiger partial charge in [-0.05, 0) is 26.0 Å². The summed E-state index contributed by atoms with van der Waals surface area (Å²) >= 11 is 0. The van der Waals surface area contributed by atoms with Gasteiger partial charge in [0.1, 0.15) is 17.9 Å². The van der Waals surface area contributed by atoms with Gasteiger partial charge in [0, 0.05) is 5.56 Å². The number of ether oxygens (including phenoxy) is 1. The minimum atomic E-state index is -0.409. The smallest absolute Gasteiger partial charge is 0.339 e. The number of fused-ring (bicyclic) bond motifs is 1. The van der Waals surface area contributed by atoms with E-state index >= 15 is 0 Å². The standard InChI is InChI=1S/C16H15N3O3/c1-9-10(2)22-15-13(9)14(17-8-18-15)19-12-7-5-4-6-11(12)16(20)21-3/h4-8H,1-3H3,(H,17,18,19). The predicted octanol–water partition coefficient (Wildman–Crippen LogP) is 3.37. The minimum Gasteiger partial charge on any atom is -0.465 e. The summed E-state index contributed by atoms with van der Waals surface area (Å²) in [5.41, 5.74) is 2.54. The normalized spacial score (nSPS) is 10.7. The zero-order valence-corrected chi connectivity index (χ0v) is 12.5. The maximum atomic E-state index is 11.8. The number of nitrogens with zero attached hydrogens (tertiary/aromatic N) is 2. The number of hydrogen-bond donors (Lipinski definition) is 1. The Bertz CT molecular complexity index is 855. The van der Waals surface area contributed by atoms with Crippen molar-refractivity contribution >= 4 is 28.6 Å². The van der Waals surface area contributed by atoms with E-state index in [4.69, 9.17) is 9.15 Å². The van der Waals surface area contributed by atoms with E-state index in [1.54, 1.807) is 18.2 Å². The predicted molar refractivity (Wildman–Crippen MR) is 82.3 cm³/mol. The lowest BCUT2D eigenvalue weighted by atomic mass is 10.1. The van der Waals surface area contributed by atoms with Crippen LogP contribution in [0.4, 0.5) is 11.5 Å². The van der Waals surface area contributed by atoms with Crippen LogP contribution in [-0.4, -0.2) is 23.0 Å².